The van der Waals surface area contributed by atoms with E-state index in [4.69, 9.17) is 11.6 Å². The number of aryl methyl sites for hydroxylation is 1. The average molecular weight is 319 g/mol. The number of H-pyrrole nitrogens is 1. The molecule has 1 amide bonds. The number of ketones is 1. The Morgan fingerprint density at radius 3 is 2.64 bits per heavy atom. The Morgan fingerprint density at radius 1 is 1.32 bits per heavy atom. The number of aromatic nitrogens is 1. The highest BCUT2D eigenvalue weighted by atomic mass is 35.5. The first-order valence-electron chi connectivity index (χ1n) is 7.19. The second kappa shape index (κ2) is 6.79. The molecular formula is C17H19ClN2O2. The van der Waals surface area contributed by atoms with Gasteiger partial charge in [0.15, 0.2) is 5.78 Å². The number of rotatable bonds is 5. The van der Waals surface area contributed by atoms with Gasteiger partial charge in [0.1, 0.15) is 5.69 Å². The number of aromatic amines is 1. The zero-order chi connectivity index (χ0) is 16.3. The van der Waals surface area contributed by atoms with Crippen molar-refractivity contribution < 1.29 is 9.59 Å². The Balaban J connectivity index is 2.19. The number of halogens is 1. The van der Waals surface area contributed by atoms with Gasteiger partial charge in [-0.05, 0) is 43.5 Å². The van der Waals surface area contributed by atoms with E-state index >= 15 is 0 Å². The third kappa shape index (κ3) is 3.39. The first-order chi connectivity index (χ1) is 10.4. The van der Waals surface area contributed by atoms with E-state index in [-0.39, 0.29) is 11.7 Å². The van der Waals surface area contributed by atoms with E-state index in [1.165, 1.54) is 6.92 Å². The van der Waals surface area contributed by atoms with Crippen LogP contribution in [0.1, 0.15) is 51.5 Å². The summed E-state index contributed by atoms with van der Waals surface area (Å²) >= 11 is 5.93. The van der Waals surface area contributed by atoms with Gasteiger partial charge in [0, 0.05) is 22.8 Å². The van der Waals surface area contributed by atoms with Crippen LogP contribution < -0.4 is 5.32 Å². The van der Waals surface area contributed by atoms with Gasteiger partial charge in [0.25, 0.3) is 5.91 Å². The van der Waals surface area contributed by atoms with Gasteiger partial charge in [0.2, 0.25) is 0 Å². The summed E-state index contributed by atoms with van der Waals surface area (Å²) in [5.74, 6) is -0.244. The fourth-order valence-corrected chi connectivity index (χ4v) is 2.83. The normalized spacial score (nSPS) is 10.5. The Bertz CT molecular complexity index is 719. The molecule has 2 rings (SSSR count). The van der Waals surface area contributed by atoms with Gasteiger partial charge < -0.3 is 10.3 Å². The van der Waals surface area contributed by atoms with Crippen LogP contribution in [0.5, 0.6) is 0 Å². The quantitative estimate of drug-likeness (QED) is 0.826. The van der Waals surface area contributed by atoms with Gasteiger partial charge >= 0.3 is 0 Å². The predicted octanol–water partition coefficient (Wildman–Crippen LogP) is 3.67. The molecule has 2 aromatic rings. The maximum Gasteiger partial charge on any atom is 0.268 e. The van der Waals surface area contributed by atoms with Gasteiger partial charge in [0.05, 0.1) is 0 Å². The molecule has 116 valence electrons. The van der Waals surface area contributed by atoms with Crippen LogP contribution >= 0.6 is 11.6 Å². The standard InChI is InChI=1S/C17H19ClN2O2/c1-4-14-15(11(3)21)10(2)20-16(14)17(22)19-9-12-6-5-7-13(18)8-12/h5-8,20H,4,9H2,1-3H3,(H,19,22). The topological polar surface area (TPSA) is 62.0 Å². The van der Waals surface area contributed by atoms with Crippen molar-refractivity contribution in [3.63, 3.8) is 0 Å². The highest BCUT2D eigenvalue weighted by molar-refractivity contribution is 6.30. The minimum atomic E-state index is -0.215. The summed E-state index contributed by atoms with van der Waals surface area (Å²) in [6.45, 7) is 5.64. The van der Waals surface area contributed by atoms with E-state index in [1.54, 1.807) is 6.07 Å². The summed E-state index contributed by atoms with van der Waals surface area (Å²) in [6.07, 6.45) is 0.624. The van der Waals surface area contributed by atoms with Crippen LogP contribution in [-0.2, 0) is 13.0 Å². The van der Waals surface area contributed by atoms with Crippen molar-refractivity contribution in [3.8, 4) is 0 Å². The molecule has 0 aliphatic carbocycles. The molecule has 22 heavy (non-hydrogen) atoms. The Hall–Kier alpha value is -2.07. The number of benzene rings is 1. The molecule has 2 N–H and O–H groups in total. The number of hydrogen-bond donors (Lipinski definition) is 2. The van der Waals surface area contributed by atoms with Crippen LogP contribution in [0.4, 0.5) is 0 Å². The largest absolute Gasteiger partial charge is 0.354 e. The number of nitrogens with one attached hydrogen (secondary N) is 2. The van der Waals surface area contributed by atoms with Crippen molar-refractivity contribution in [1.29, 1.82) is 0 Å². The number of carbonyl (C=O) groups excluding carboxylic acids is 2. The van der Waals surface area contributed by atoms with Crippen LogP contribution in [0.25, 0.3) is 0 Å². The SMILES string of the molecule is CCc1c(C(=O)NCc2cccc(Cl)c2)[nH]c(C)c1C(C)=O. The molecule has 0 fully saturated rings. The minimum Gasteiger partial charge on any atom is -0.354 e. The molecule has 0 atom stereocenters. The maximum atomic E-state index is 12.4. The van der Waals surface area contributed by atoms with Gasteiger partial charge in [-0.25, -0.2) is 0 Å². The zero-order valence-corrected chi connectivity index (χ0v) is 13.7. The first-order valence-corrected chi connectivity index (χ1v) is 7.56. The van der Waals surface area contributed by atoms with E-state index in [0.29, 0.717) is 29.2 Å². The fraction of sp³-hybridized carbons (Fsp3) is 0.294. The number of amides is 1. The average Bonchev–Trinajstić information content (AvgIpc) is 2.81. The molecule has 5 heteroatoms. The van der Waals surface area contributed by atoms with Gasteiger partial charge in [-0.2, -0.15) is 0 Å². The first kappa shape index (κ1) is 16.3. The highest BCUT2D eigenvalue weighted by Crippen LogP contribution is 2.20. The second-order valence-electron chi connectivity index (χ2n) is 5.20. The summed E-state index contributed by atoms with van der Waals surface area (Å²) in [6, 6.07) is 7.33. The highest BCUT2D eigenvalue weighted by Gasteiger charge is 2.21. The number of Topliss-reactive ketones (excluding diaryl/α,β-unsaturated/α-hetero) is 1. The van der Waals surface area contributed by atoms with E-state index in [0.717, 1.165) is 16.8 Å². The smallest absolute Gasteiger partial charge is 0.268 e. The lowest BCUT2D eigenvalue weighted by molar-refractivity contribution is 0.0945. The summed E-state index contributed by atoms with van der Waals surface area (Å²) in [5.41, 5.74) is 3.52. The van der Waals surface area contributed by atoms with E-state index in [2.05, 4.69) is 10.3 Å². The molecule has 4 nitrogen and oxygen atoms in total. The van der Waals surface area contributed by atoms with Gasteiger partial charge in [-0.3, -0.25) is 9.59 Å². The van der Waals surface area contributed by atoms with Crippen molar-refractivity contribution in [2.45, 2.75) is 33.7 Å². The van der Waals surface area contributed by atoms with Crippen LogP contribution in [0.15, 0.2) is 24.3 Å². The van der Waals surface area contributed by atoms with Crippen molar-refractivity contribution in [1.82, 2.24) is 10.3 Å². The number of carbonyl (C=O) groups is 2. The zero-order valence-electron chi connectivity index (χ0n) is 12.9. The summed E-state index contributed by atoms with van der Waals surface area (Å²) in [7, 11) is 0. The Morgan fingerprint density at radius 2 is 2.05 bits per heavy atom. The van der Waals surface area contributed by atoms with Crippen LogP contribution in [0.2, 0.25) is 5.02 Å². The van der Waals surface area contributed by atoms with Crippen LogP contribution in [-0.4, -0.2) is 16.7 Å². The van der Waals surface area contributed by atoms with Crippen molar-refractivity contribution in [2.75, 3.05) is 0 Å². The monoisotopic (exact) mass is 318 g/mol. The third-order valence-electron chi connectivity index (χ3n) is 3.57. The molecule has 0 saturated carbocycles. The summed E-state index contributed by atoms with van der Waals surface area (Å²) in [5, 5.41) is 3.49. The van der Waals surface area contributed by atoms with E-state index in [1.807, 2.05) is 32.0 Å². The lowest BCUT2D eigenvalue weighted by atomic mass is 10.0. The Labute approximate surface area is 134 Å². The minimum absolute atomic E-state index is 0.0282. The lowest BCUT2D eigenvalue weighted by Crippen LogP contribution is -2.24. The lowest BCUT2D eigenvalue weighted by Gasteiger charge is -2.06. The molecule has 0 unspecified atom stereocenters. The molecule has 1 aromatic carbocycles. The molecule has 0 bridgehead atoms. The molecule has 1 heterocycles. The maximum absolute atomic E-state index is 12.4. The van der Waals surface area contributed by atoms with Gasteiger partial charge in [-0.15, -0.1) is 0 Å². The third-order valence-corrected chi connectivity index (χ3v) is 3.80. The van der Waals surface area contributed by atoms with E-state index in [9.17, 15) is 9.59 Å². The summed E-state index contributed by atoms with van der Waals surface area (Å²) in [4.78, 5) is 27.2. The molecule has 0 spiro atoms. The molecule has 0 saturated heterocycles. The van der Waals surface area contributed by atoms with Crippen LogP contribution in [0.3, 0.4) is 0 Å². The second-order valence-corrected chi connectivity index (χ2v) is 5.64. The van der Waals surface area contributed by atoms with Crippen LogP contribution in [0, 0.1) is 6.92 Å². The van der Waals surface area contributed by atoms with Crippen molar-refractivity contribution >= 4 is 23.3 Å². The predicted molar refractivity (Wildman–Crippen MR) is 87.5 cm³/mol. The number of hydrogen-bond acceptors (Lipinski definition) is 2. The summed E-state index contributed by atoms with van der Waals surface area (Å²) < 4.78 is 0. The van der Waals surface area contributed by atoms with Gasteiger partial charge in [-0.1, -0.05) is 30.7 Å². The molecule has 0 aliphatic heterocycles. The fourth-order valence-electron chi connectivity index (χ4n) is 2.62. The molecule has 0 radical (unpaired) electrons. The molecule has 1 aromatic heterocycles. The van der Waals surface area contributed by atoms with E-state index < -0.39 is 0 Å². The van der Waals surface area contributed by atoms with Crippen molar-refractivity contribution in [2.24, 2.45) is 0 Å². The Kier molecular flexibility index (Phi) is 5.03. The van der Waals surface area contributed by atoms with Crippen molar-refractivity contribution in [3.05, 3.63) is 57.4 Å². The molecular weight excluding hydrogens is 300 g/mol. The molecule has 0 aliphatic rings.